The molecule has 0 unspecified atom stereocenters. The van der Waals surface area contributed by atoms with E-state index < -0.39 is 23.3 Å². The molecular weight excluding hydrogens is 417 g/mol. The summed E-state index contributed by atoms with van der Waals surface area (Å²) in [5.41, 5.74) is 0.643. The van der Waals surface area contributed by atoms with Crippen LogP contribution in [-0.2, 0) is 16.1 Å². The van der Waals surface area contributed by atoms with Gasteiger partial charge in [-0.1, -0.05) is 0 Å². The quantitative estimate of drug-likeness (QED) is 0.568. The van der Waals surface area contributed by atoms with Crippen LogP contribution in [0, 0.1) is 5.82 Å². The lowest BCUT2D eigenvalue weighted by atomic mass is 10.1. The molecule has 32 heavy (non-hydrogen) atoms. The number of rotatable bonds is 7. The summed E-state index contributed by atoms with van der Waals surface area (Å²) in [6.45, 7) is 3.13. The summed E-state index contributed by atoms with van der Waals surface area (Å²) in [5.74, 6) is -1.19. The van der Waals surface area contributed by atoms with Gasteiger partial charge < -0.3 is 14.8 Å². The maximum atomic E-state index is 14.3. The van der Waals surface area contributed by atoms with E-state index in [-0.39, 0.29) is 23.9 Å². The number of aromatic nitrogens is 2. The van der Waals surface area contributed by atoms with Crippen molar-refractivity contribution in [2.45, 2.75) is 26.5 Å². The lowest BCUT2D eigenvalue weighted by Crippen LogP contribution is -2.29. The van der Waals surface area contributed by atoms with Gasteiger partial charge in [-0.3, -0.25) is 9.59 Å². The molecule has 2 aromatic carbocycles. The molecule has 0 aliphatic carbocycles. The normalized spacial score (nSPS) is 10.7. The summed E-state index contributed by atoms with van der Waals surface area (Å²) >= 11 is 0. The molecule has 1 aromatic heterocycles. The third kappa shape index (κ3) is 5.57. The molecule has 8 nitrogen and oxygen atoms in total. The number of methoxy groups -OCH3 is 1. The van der Waals surface area contributed by atoms with Crippen LogP contribution < -0.4 is 15.6 Å². The predicted octanol–water partition coefficient (Wildman–Crippen LogP) is 3.26. The molecule has 1 heterocycles. The Kier molecular flexibility index (Phi) is 6.99. The van der Waals surface area contributed by atoms with Gasteiger partial charge in [-0.15, -0.1) is 0 Å². The van der Waals surface area contributed by atoms with Crippen molar-refractivity contribution in [2.75, 3.05) is 12.4 Å². The van der Waals surface area contributed by atoms with Crippen LogP contribution in [0.2, 0.25) is 0 Å². The molecule has 0 spiro atoms. The minimum absolute atomic E-state index is 0.170. The highest BCUT2D eigenvalue weighted by molar-refractivity contribution is 5.93. The van der Waals surface area contributed by atoms with Crippen molar-refractivity contribution in [3.63, 3.8) is 0 Å². The standard InChI is InChI=1S/C23H22FN3O5/c1-14(2)32-23(30)15-4-6-16(7-5-15)25-21(28)13-27-22(29)11-10-20(26-27)18-9-8-17(31-3)12-19(18)24/h4-12,14H,13H2,1-3H3,(H,25,28). The van der Waals surface area contributed by atoms with Crippen LogP contribution >= 0.6 is 0 Å². The highest BCUT2D eigenvalue weighted by Gasteiger charge is 2.13. The van der Waals surface area contributed by atoms with Gasteiger partial charge in [0, 0.05) is 23.4 Å². The first kappa shape index (κ1) is 22.7. The molecule has 0 aliphatic heterocycles. The fraction of sp³-hybridized carbons (Fsp3) is 0.217. The Morgan fingerprint density at radius 1 is 1.09 bits per heavy atom. The van der Waals surface area contributed by atoms with Gasteiger partial charge in [0.25, 0.3) is 5.56 Å². The Hall–Kier alpha value is -4.01. The van der Waals surface area contributed by atoms with Gasteiger partial charge >= 0.3 is 5.97 Å². The highest BCUT2D eigenvalue weighted by Crippen LogP contribution is 2.24. The largest absolute Gasteiger partial charge is 0.497 e. The molecule has 0 atom stereocenters. The van der Waals surface area contributed by atoms with Crippen molar-refractivity contribution in [2.24, 2.45) is 0 Å². The van der Waals surface area contributed by atoms with Crippen molar-refractivity contribution >= 4 is 17.6 Å². The number of nitrogens with one attached hydrogen (secondary N) is 1. The zero-order valence-electron chi connectivity index (χ0n) is 17.8. The van der Waals surface area contributed by atoms with Crippen LogP contribution in [0.3, 0.4) is 0 Å². The van der Waals surface area contributed by atoms with E-state index >= 15 is 0 Å². The number of nitrogens with zero attached hydrogens (tertiary/aromatic N) is 2. The van der Waals surface area contributed by atoms with E-state index in [0.29, 0.717) is 17.0 Å². The topological polar surface area (TPSA) is 99.5 Å². The number of ether oxygens (including phenoxy) is 2. The van der Waals surface area contributed by atoms with Gasteiger partial charge in [-0.05, 0) is 56.3 Å². The van der Waals surface area contributed by atoms with E-state index in [1.165, 1.54) is 43.5 Å². The summed E-state index contributed by atoms with van der Waals surface area (Å²) in [6.07, 6.45) is -0.241. The highest BCUT2D eigenvalue weighted by atomic mass is 19.1. The van der Waals surface area contributed by atoms with E-state index in [1.807, 2.05) is 0 Å². The minimum Gasteiger partial charge on any atom is -0.497 e. The molecule has 1 N–H and O–H groups in total. The maximum absolute atomic E-state index is 14.3. The molecular formula is C23H22FN3O5. The molecule has 0 saturated carbocycles. The number of carbonyl (C=O) groups excluding carboxylic acids is 2. The second-order valence-electron chi connectivity index (χ2n) is 7.14. The molecule has 0 bridgehead atoms. The number of hydrogen-bond donors (Lipinski definition) is 1. The Bertz CT molecular complexity index is 1190. The van der Waals surface area contributed by atoms with Gasteiger partial charge in [0.05, 0.1) is 24.5 Å². The zero-order valence-corrected chi connectivity index (χ0v) is 17.8. The average molecular weight is 439 g/mol. The van der Waals surface area contributed by atoms with Gasteiger partial charge in [0.15, 0.2) is 0 Å². The number of carbonyl (C=O) groups is 2. The number of halogens is 1. The summed E-state index contributed by atoms with van der Waals surface area (Å²) in [4.78, 5) is 36.4. The van der Waals surface area contributed by atoms with Gasteiger partial charge in [-0.2, -0.15) is 5.10 Å². The Balaban J connectivity index is 1.72. The molecule has 166 valence electrons. The van der Waals surface area contributed by atoms with E-state index in [2.05, 4.69) is 10.4 Å². The maximum Gasteiger partial charge on any atom is 0.338 e. The summed E-state index contributed by atoms with van der Waals surface area (Å²) in [6, 6.07) is 13.0. The van der Waals surface area contributed by atoms with Crippen molar-refractivity contribution in [1.29, 1.82) is 0 Å². The number of benzene rings is 2. The molecule has 0 saturated heterocycles. The smallest absolute Gasteiger partial charge is 0.338 e. The summed E-state index contributed by atoms with van der Waals surface area (Å²) in [5, 5.41) is 6.74. The van der Waals surface area contributed by atoms with Crippen LogP contribution in [0.25, 0.3) is 11.3 Å². The number of esters is 1. The molecule has 0 fully saturated rings. The van der Waals surface area contributed by atoms with Crippen LogP contribution in [0.1, 0.15) is 24.2 Å². The minimum atomic E-state index is -0.567. The third-order valence-corrected chi connectivity index (χ3v) is 4.36. The lowest BCUT2D eigenvalue weighted by molar-refractivity contribution is -0.117. The Morgan fingerprint density at radius 3 is 2.44 bits per heavy atom. The van der Waals surface area contributed by atoms with Gasteiger partial charge in [-0.25, -0.2) is 13.9 Å². The Labute approximate surface area is 183 Å². The van der Waals surface area contributed by atoms with Crippen molar-refractivity contribution in [3.05, 3.63) is 76.3 Å². The first-order chi connectivity index (χ1) is 15.3. The fourth-order valence-corrected chi connectivity index (χ4v) is 2.84. The SMILES string of the molecule is COc1ccc(-c2ccc(=O)n(CC(=O)Nc3ccc(C(=O)OC(C)C)cc3)n2)c(F)c1. The van der Waals surface area contributed by atoms with E-state index in [0.717, 1.165) is 4.68 Å². The van der Waals surface area contributed by atoms with E-state index in [4.69, 9.17) is 9.47 Å². The van der Waals surface area contributed by atoms with Gasteiger partial charge in [0.1, 0.15) is 18.1 Å². The summed E-state index contributed by atoms with van der Waals surface area (Å²) < 4.78 is 25.4. The van der Waals surface area contributed by atoms with E-state index in [9.17, 15) is 18.8 Å². The first-order valence-electron chi connectivity index (χ1n) is 9.80. The zero-order chi connectivity index (χ0) is 23.3. The number of anilines is 1. The fourth-order valence-electron chi connectivity index (χ4n) is 2.84. The Morgan fingerprint density at radius 2 is 1.81 bits per heavy atom. The second kappa shape index (κ2) is 9.86. The molecule has 3 rings (SSSR count). The molecule has 1 amide bonds. The average Bonchev–Trinajstić information content (AvgIpc) is 2.75. The summed E-state index contributed by atoms with van der Waals surface area (Å²) in [7, 11) is 1.43. The van der Waals surface area contributed by atoms with Gasteiger partial charge in [0.2, 0.25) is 5.91 Å². The number of hydrogen-bond acceptors (Lipinski definition) is 6. The monoisotopic (exact) mass is 439 g/mol. The van der Waals surface area contributed by atoms with Crippen LogP contribution in [0.4, 0.5) is 10.1 Å². The molecule has 0 radical (unpaired) electrons. The third-order valence-electron chi connectivity index (χ3n) is 4.36. The lowest BCUT2D eigenvalue weighted by Gasteiger charge is -2.10. The first-order valence-corrected chi connectivity index (χ1v) is 9.80. The number of amides is 1. The second-order valence-corrected chi connectivity index (χ2v) is 7.14. The predicted molar refractivity (Wildman–Crippen MR) is 116 cm³/mol. The van der Waals surface area contributed by atoms with Crippen LogP contribution in [-0.4, -0.2) is 34.9 Å². The molecule has 3 aromatic rings. The molecule has 9 heteroatoms. The van der Waals surface area contributed by atoms with E-state index in [1.54, 1.807) is 32.0 Å². The molecule has 0 aliphatic rings. The van der Waals surface area contributed by atoms with Crippen LogP contribution in [0.5, 0.6) is 5.75 Å². The van der Waals surface area contributed by atoms with Crippen LogP contribution in [0.15, 0.2) is 59.4 Å². The van der Waals surface area contributed by atoms with Crippen molar-refractivity contribution < 1.29 is 23.5 Å². The van der Waals surface area contributed by atoms with Crippen molar-refractivity contribution in [3.8, 4) is 17.0 Å². The van der Waals surface area contributed by atoms with Crippen molar-refractivity contribution in [1.82, 2.24) is 9.78 Å².